The van der Waals surface area contributed by atoms with Crippen LogP contribution in [0.4, 0.5) is 0 Å². The number of nitrogens with one attached hydrogen (secondary N) is 3. The summed E-state index contributed by atoms with van der Waals surface area (Å²) in [6, 6.07) is -3.94. The third-order valence-corrected chi connectivity index (χ3v) is 7.55. The number of aliphatic hydroxyl groups is 8. The average molecular weight is 584 g/mol. The molecule has 3 aliphatic rings. The van der Waals surface area contributed by atoms with E-state index < -0.39 is 116 Å². The second-order valence-corrected chi connectivity index (χ2v) is 10.1. The molecule has 1 saturated carbocycles. The monoisotopic (exact) mass is 583 g/mol. The molecule has 3 rings (SSSR count). The Balaban J connectivity index is 1.95. The molecule has 0 spiro atoms. The van der Waals surface area contributed by atoms with Crippen LogP contribution in [0.1, 0.15) is 6.92 Å². The Morgan fingerprint density at radius 3 is 2.08 bits per heavy atom. The third kappa shape index (κ3) is 6.11. The molecule has 19 nitrogen and oxygen atoms in total. The summed E-state index contributed by atoms with van der Waals surface area (Å²) in [7, 11) is 1.44. The van der Waals surface area contributed by atoms with E-state index in [9.17, 15) is 40.9 Å². The standard InChI is InChI=1S/C21H41N7O12/c1-5-21(36,4-30)16(40-17-9(26-2)13(34)10(31)6(3-29)38-17)18(37-5)39-15-8(28-20(24)25)11(32)7(27-19(22)23)12(33)14(15)35/h5-18,26,29-36H,3-4H2,1-2H3,(H4,22,23,27)(H4,24,25,28)/t5-,6-,7+,8-,9-,10-,11+,12-,13-,14+,15+,16-,17?,18?,21+/m0/s1. The van der Waals surface area contributed by atoms with Crippen LogP contribution in [0.15, 0.2) is 4.99 Å². The number of likely N-dealkylation sites (N-methyl/N-ethyl adjacent to an activating group) is 1. The molecule has 17 N–H and O–H groups in total. The van der Waals surface area contributed by atoms with Gasteiger partial charge in [0.15, 0.2) is 24.5 Å². The number of aliphatic imine (C=N–C) groups is 1. The third-order valence-electron chi connectivity index (χ3n) is 7.55. The maximum absolute atomic E-state index is 11.3. The Morgan fingerprint density at radius 2 is 1.55 bits per heavy atom. The van der Waals surface area contributed by atoms with Crippen molar-refractivity contribution in [1.82, 2.24) is 10.6 Å². The van der Waals surface area contributed by atoms with Gasteiger partial charge in [0.2, 0.25) is 0 Å². The Labute approximate surface area is 229 Å². The van der Waals surface area contributed by atoms with Crippen molar-refractivity contribution in [2.75, 3.05) is 20.3 Å². The molecule has 2 unspecified atom stereocenters. The van der Waals surface area contributed by atoms with Crippen molar-refractivity contribution in [2.45, 2.75) is 98.2 Å². The van der Waals surface area contributed by atoms with Gasteiger partial charge in [0.1, 0.15) is 60.5 Å². The van der Waals surface area contributed by atoms with Crippen molar-refractivity contribution in [2.24, 2.45) is 22.2 Å². The minimum Gasteiger partial charge on any atom is -0.394 e. The smallest absolute Gasteiger partial charge is 0.187 e. The second kappa shape index (κ2) is 12.9. The zero-order valence-corrected chi connectivity index (χ0v) is 21.9. The fourth-order valence-corrected chi connectivity index (χ4v) is 5.22. The first kappa shape index (κ1) is 32.5. The van der Waals surface area contributed by atoms with Crippen molar-refractivity contribution in [3.63, 3.8) is 0 Å². The number of hydrogen-bond donors (Lipinski definition) is 14. The highest BCUT2D eigenvalue weighted by Gasteiger charge is 2.60. The molecule has 19 heteroatoms. The van der Waals surface area contributed by atoms with Gasteiger partial charge in [-0.2, -0.15) is 0 Å². The normalized spacial score (nSPS) is 47.5. The Hall–Kier alpha value is -1.98. The van der Waals surface area contributed by atoms with Crippen LogP contribution in [-0.2, 0) is 18.9 Å². The molecule has 1 aliphatic carbocycles. The number of aliphatic hydroxyl groups excluding tert-OH is 7. The Kier molecular flexibility index (Phi) is 10.5. The van der Waals surface area contributed by atoms with Crippen LogP contribution >= 0.6 is 0 Å². The molecule has 2 aliphatic heterocycles. The van der Waals surface area contributed by atoms with Crippen LogP contribution in [0.3, 0.4) is 0 Å². The van der Waals surface area contributed by atoms with Gasteiger partial charge in [0.25, 0.3) is 0 Å². The van der Waals surface area contributed by atoms with Crippen molar-refractivity contribution >= 4 is 11.9 Å². The average Bonchev–Trinajstić information content (AvgIpc) is 3.13. The summed E-state index contributed by atoms with van der Waals surface area (Å²) in [5, 5.41) is 96.7. The van der Waals surface area contributed by atoms with Gasteiger partial charge in [-0.05, 0) is 14.0 Å². The quantitative estimate of drug-likeness (QED) is 0.0884. The molecule has 0 amide bonds. The highest BCUT2D eigenvalue weighted by Crippen LogP contribution is 2.39. The molecule has 0 aromatic rings. The van der Waals surface area contributed by atoms with Gasteiger partial charge in [0, 0.05) is 0 Å². The fourth-order valence-electron chi connectivity index (χ4n) is 5.22. The van der Waals surface area contributed by atoms with Crippen LogP contribution in [0, 0.1) is 5.41 Å². The topological polar surface area (TPSA) is 337 Å². The van der Waals surface area contributed by atoms with Gasteiger partial charge >= 0.3 is 0 Å². The summed E-state index contributed by atoms with van der Waals surface area (Å²) in [6.45, 7) is -0.204. The molecule has 40 heavy (non-hydrogen) atoms. The summed E-state index contributed by atoms with van der Waals surface area (Å²) in [4.78, 5) is 3.91. The summed E-state index contributed by atoms with van der Waals surface area (Å²) in [5.41, 5.74) is 14.2. The van der Waals surface area contributed by atoms with Crippen molar-refractivity contribution in [1.29, 1.82) is 5.41 Å². The Bertz CT molecular complexity index is 902. The van der Waals surface area contributed by atoms with Crippen LogP contribution < -0.4 is 27.8 Å². The summed E-state index contributed by atoms with van der Waals surface area (Å²) in [6.07, 6.45) is -16.9. The van der Waals surface area contributed by atoms with E-state index in [1.54, 1.807) is 0 Å². The lowest BCUT2D eigenvalue weighted by Crippen LogP contribution is -2.70. The number of hydrogen-bond acceptors (Lipinski definition) is 15. The predicted octanol–water partition coefficient (Wildman–Crippen LogP) is -8.16. The number of nitrogens with two attached hydrogens (primary N) is 3. The van der Waals surface area contributed by atoms with Crippen molar-refractivity contribution in [3.8, 4) is 0 Å². The summed E-state index contributed by atoms with van der Waals surface area (Å²) < 4.78 is 23.2. The largest absolute Gasteiger partial charge is 0.394 e. The van der Waals surface area contributed by atoms with Gasteiger partial charge in [-0.1, -0.05) is 0 Å². The van der Waals surface area contributed by atoms with Crippen LogP contribution in [0.5, 0.6) is 0 Å². The van der Waals surface area contributed by atoms with Gasteiger partial charge in [-0.15, -0.1) is 0 Å². The molecular weight excluding hydrogens is 542 g/mol. The minimum absolute atomic E-state index is 0.516. The molecule has 0 bridgehead atoms. The molecule has 0 radical (unpaired) electrons. The predicted molar refractivity (Wildman–Crippen MR) is 133 cm³/mol. The van der Waals surface area contributed by atoms with Gasteiger partial charge < -0.3 is 87.6 Å². The van der Waals surface area contributed by atoms with E-state index in [4.69, 9.17) is 41.6 Å². The van der Waals surface area contributed by atoms with Crippen molar-refractivity contribution < 1.29 is 59.8 Å². The SMILES string of the molecule is CN[C@@H]1C(O[C@H]2C(O[C@H]3[C@H](O)[C@@H](O)[C@H](NC(=N)N)[C@@H](O)[C@@H]3N=C(N)N)O[C@@H](C)[C@]2(O)CO)O[C@@H](CO)[C@H](O)[C@H]1O. The first-order valence-electron chi connectivity index (χ1n) is 12.5. The molecule has 15 atom stereocenters. The first-order valence-corrected chi connectivity index (χ1v) is 12.5. The van der Waals surface area contributed by atoms with E-state index in [2.05, 4.69) is 15.6 Å². The molecule has 2 heterocycles. The maximum Gasteiger partial charge on any atom is 0.187 e. The fraction of sp³-hybridized carbons (Fsp3) is 0.905. The van der Waals surface area contributed by atoms with E-state index in [1.807, 2.05) is 0 Å². The Morgan fingerprint density at radius 1 is 0.925 bits per heavy atom. The van der Waals surface area contributed by atoms with E-state index in [0.717, 1.165) is 0 Å². The van der Waals surface area contributed by atoms with E-state index >= 15 is 0 Å². The molecule has 3 fully saturated rings. The first-order chi connectivity index (χ1) is 18.7. The lowest BCUT2D eigenvalue weighted by atomic mass is 9.81. The van der Waals surface area contributed by atoms with Crippen LogP contribution in [0.2, 0.25) is 0 Å². The second-order valence-electron chi connectivity index (χ2n) is 10.1. The van der Waals surface area contributed by atoms with E-state index in [1.165, 1.54) is 14.0 Å². The number of nitrogens with zero attached hydrogens (tertiary/aromatic N) is 1. The van der Waals surface area contributed by atoms with Crippen LogP contribution in [-0.4, -0.2) is 164 Å². The van der Waals surface area contributed by atoms with E-state index in [0.29, 0.717) is 0 Å². The van der Waals surface area contributed by atoms with Gasteiger partial charge in [-0.25, -0.2) is 4.99 Å². The van der Waals surface area contributed by atoms with Crippen molar-refractivity contribution in [3.05, 3.63) is 0 Å². The molecule has 2 saturated heterocycles. The molecular formula is C21H41N7O12. The molecule has 0 aromatic heterocycles. The lowest BCUT2D eigenvalue weighted by Gasteiger charge is -2.46. The number of guanidine groups is 2. The number of rotatable bonds is 9. The summed E-state index contributed by atoms with van der Waals surface area (Å²) in [5.74, 6) is -1.13. The van der Waals surface area contributed by atoms with Gasteiger partial charge in [-0.3, -0.25) is 5.41 Å². The molecule has 232 valence electrons. The van der Waals surface area contributed by atoms with Gasteiger partial charge in [0.05, 0.1) is 31.4 Å². The summed E-state index contributed by atoms with van der Waals surface area (Å²) >= 11 is 0. The van der Waals surface area contributed by atoms with E-state index in [-0.39, 0.29) is 0 Å². The zero-order valence-electron chi connectivity index (χ0n) is 21.9. The zero-order chi connectivity index (χ0) is 30.1. The van der Waals surface area contributed by atoms with Crippen LogP contribution in [0.25, 0.3) is 0 Å². The highest BCUT2D eigenvalue weighted by molar-refractivity contribution is 5.76. The molecule has 0 aromatic carbocycles. The highest BCUT2D eigenvalue weighted by atomic mass is 16.8. The maximum atomic E-state index is 11.3. The number of ether oxygens (including phenoxy) is 4. The lowest BCUT2D eigenvalue weighted by molar-refractivity contribution is -0.317. The minimum atomic E-state index is -2.15.